The monoisotopic (exact) mass is 287 g/mol. The van der Waals surface area contributed by atoms with E-state index in [1.807, 2.05) is 6.92 Å². The zero-order valence-electron chi connectivity index (χ0n) is 9.90. The van der Waals surface area contributed by atoms with E-state index in [1.54, 1.807) is 18.3 Å². The molecule has 0 aliphatic carbocycles. The molecule has 0 spiro atoms. The number of hydrogen-bond donors (Lipinski definition) is 2. The molecule has 7 heteroatoms. The van der Waals surface area contributed by atoms with E-state index in [2.05, 4.69) is 15.6 Å². The first kappa shape index (κ1) is 14.8. The van der Waals surface area contributed by atoms with Gasteiger partial charge in [-0.25, -0.2) is 9.78 Å². The van der Waals surface area contributed by atoms with Gasteiger partial charge in [-0.3, -0.25) is 10.1 Å². The van der Waals surface area contributed by atoms with Crippen molar-refractivity contribution in [2.75, 3.05) is 12.3 Å². The maximum Gasteiger partial charge on any atom is 0.321 e. The predicted octanol–water partition coefficient (Wildman–Crippen LogP) is 2.06. The average molecular weight is 288 g/mol. The molecule has 3 amide bonds. The molecule has 0 unspecified atom stereocenters. The van der Waals surface area contributed by atoms with Gasteiger partial charge in [-0.1, -0.05) is 30.3 Å². The second kappa shape index (κ2) is 7.94. The Morgan fingerprint density at radius 3 is 2.94 bits per heavy atom. The van der Waals surface area contributed by atoms with Crippen molar-refractivity contribution in [1.29, 1.82) is 0 Å². The largest absolute Gasteiger partial charge is 0.338 e. The molecule has 1 aromatic rings. The van der Waals surface area contributed by atoms with E-state index in [4.69, 9.17) is 11.6 Å². The van der Waals surface area contributed by atoms with E-state index in [0.717, 1.165) is 6.42 Å². The van der Waals surface area contributed by atoms with E-state index >= 15 is 0 Å². The summed E-state index contributed by atoms with van der Waals surface area (Å²) in [5, 5.41) is 5.84. The molecule has 0 saturated carbocycles. The maximum atomic E-state index is 11.4. The number of carbonyl (C=O) groups excluding carboxylic acids is 2. The van der Waals surface area contributed by atoms with Crippen LogP contribution in [-0.2, 0) is 4.79 Å². The number of nitrogens with one attached hydrogen (secondary N) is 2. The van der Waals surface area contributed by atoms with Gasteiger partial charge in [0, 0.05) is 12.7 Å². The van der Waals surface area contributed by atoms with Crippen LogP contribution in [0.2, 0.25) is 5.02 Å². The van der Waals surface area contributed by atoms with Crippen LogP contribution in [0.25, 0.3) is 0 Å². The van der Waals surface area contributed by atoms with Gasteiger partial charge in [0.15, 0.2) is 0 Å². The van der Waals surface area contributed by atoms with Crippen molar-refractivity contribution in [3.63, 3.8) is 0 Å². The van der Waals surface area contributed by atoms with Gasteiger partial charge in [-0.15, -0.1) is 0 Å². The summed E-state index contributed by atoms with van der Waals surface area (Å²) in [5.74, 6) is -0.286. The molecule has 1 aromatic heterocycles. The predicted molar refractivity (Wildman–Crippen MR) is 71.8 cm³/mol. The highest BCUT2D eigenvalue weighted by Crippen LogP contribution is 2.23. The van der Waals surface area contributed by atoms with Gasteiger partial charge in [0.25, 0.3) is 0 Å². The standard InChI is InChI=1S/C11H14ClN3O2S/c1-2-5-14-11(17)15-9(16)7-18-10-8(12)4-3-6-13-10/h3-4,6H,2,5,7H2,1H3,(H2,14,15,16,17). The minimum absolute atomic E-state index is 0.0935. The van der Waals surface area contributed by atoms with Gasteiger partial charge in [0.1, 0.15) is 5.03 Å². The van der Waals surface area contributed by atoms with Crippen LogP contribution in [0.4, 0.5) is 4.79 Å². The fraction of sp³-hybridized carbons (Fsp3) is 0.364. The zero-order chi connectivity index (χ0) is 13.4. The number of halogens is 1. The SMILES string of the molecule is CCCNC(=O)NC(=O)CSc1ncccc1Cl. The first-order valence-corrected chi connectivity index (χ1v) is 6.80. The zero-order valence-corrected chi connectivity index (χ0v) is 11.5. The second-order valence-electron chi connectivity index (χ2n) is 3.38. The number of urea groups is 1. The van der Waals surface area contributed by atoms with E-state index in [1.165, 1.54) is 11.8 Å². The Hall–Kier alpha value is -1.27. The molecule has 0 aliphatic heterocycles. The van der Waals surface area contributed by atoms with Crippen molar-refractivity contribution in [3.8, 4) is 0 Å². The highest BCUT2D eigenvalue weighted by molar-refractivity contribution is 8.00. The summed E-state index contributed by atoms with van der Waals surface area (Å²) in [7, 11) is 0. The summed E-state index contributed by atoms with van der Waals surface area (Å²) in [6, 6.07) is 2.93. The Balaban J connectivity index is 2.33. The number of aromatic nitrogens is 1. The van der Waals surface area contributed by atoms with Crippen molar-refractivity contribution in [2.24, 2.45) is 0 Å². The minimum Gasteiger partial charge on any atom is -0.338 e. The summed E-state index contributed by atoms with van der Waals surface area (Å²) in [5.41, 5.74) is 0. The van der Waals surface area contributed by atoms with E-state index in [9.17, 15) is 9.59 Å². The topological polar surface area (TPSA) is 71.1 Å². The number of amides is 3. The van der Waals surface area contributed by atoms with Gasteiger partial charge in [0.2, 0.25) is 5.91 Å². The molecule has 0 aliphatic rings. The number of hydrogen-bond acceptors (Lipinski definition) is 4. The quantitative estimate of drug-likeness (QED) is 0.813. The maximum absolute atomic E-state index is 11.4. The molecule has 0 bridgehead atoms. The summed E-state index contributed by atoms with van der Waals surface area (Å²) in [6.45, 7) is 2.47. The van der Waals surface area contributed by atoms with Crippen molar-refractivity contribution in [1.82, 2.24) is 15.6 Å². The number of thioether (sulfide) groups is 1. The van der Waals surface area contributed by atoms with Crippen molar-refractivity contribution in [2.45, 2.75) is 18.4 Å². The molecule has 5 nitrogen and oxygen atoms in total. The molecule has 1 rings (SSSR count). The molecule has 0 fully saturated rings. The molecule has 0 radical (unpaired) electrons. The third kappa shape index (κ3) is 5.37. The van der Waals surface area contributed by atoms with Crippen LogP contribution >= 0.6 is 23.4 Å². The van der Waals surface area contributed by atoms with Crippen LogP contribution in [0, 0.1) is 0 Å². The molecule has 0 aromatic carbocycles. The summed E-state index contributed by atoms with van der Waals surface area (Å²) in [6.07, 6.45) is 2.42. The summed E-state index contributed by atoms with van der Waals surface area (Å²) < 4.78 is 0. The lowest BCUT2D eigenvalue weighted by Gasteiger charge is -2.05. The Bertz CT molecular complexity index is 429. The van der Waals surface area contributed by atoms with Crippen LogP contribution in [-0.4, -0.2) is 29.2 Å². The number of imide groups is 1. The number of nitrogens with zero attached hydrogens (tertiary/aromatic N) is 1. The fourth-order valence-corrected chi connectivity index (χ4v) is 2.02. The smallest absolute Gasteiger partial charge is 0.321 e. The Kier molecular flexibility index (Phi) is 6.53. The first-order valence-electron chi connectivity index (χ1n) is 5.44. The highest BCUT2D eigenvalue weighted by atomic mass is 35.5. The molecule has 2 N–H and O–H groups in total. The van der Waals surface area contributed by atoms with Gasteiger partial charge in [-0.2, -0.15) is 0 Å². The van der Waals surface area contributed by atoms with Crippen LogP contribution < -0.4 is 10.6 Å². The third-order valence-electron chi connectivity index (χ3n) is 1.85. The van der Waals surface area contributed by atoms with Crippen LogP contribution in [0.1, 0.15) is 13.3 Å². The number of carbonyl (C=O) groups is 2. The fourth-order valence-electron chi connectivity index (χ4n) is 1.06. The van der Waals surface area contributed by atoms with Gasteiger partial charge < -0.3 is 5.32 Å². The van der Waals surface area contributed by atoms with Crippen molar-refractivity contribution >= 4 is 35.3 Å². The lowest BCUT2D eigenvalue weighted by molar-refractivity contribution is -0.117. The van der Waals surface area contributed by atoms with Gasteiger partial charge in [-0.05, 0) is 18.6 Å². The Labute approximate surface area is 115 Å². The van der Waals surface area contributed by atoms with Crippen LogP contribution in [0.3, 0.4) is 0 Å². The number of pyridine rings is 1. The Morgan fingerprint density at radius 2 is 2.28 bits per heavy atom. The van der Waals surface area contributed by atoms with E-state index < -0.39 is 6.03 Å². The first-order chi connectivity index (χ1) is 8.63. The van der Waals surface area contributed by atoms with E-state index in [0.29, 0.717) is 16.6 Å². The molecule has 0 atom stereocenters. The highest BCUT2D eigenvalue weighted by Gasteiger charge is 2.09. The third-order valence-corrected chi connectivity index (χ3v) is 3.28. The van der Waals surface area contributed by atoms with Gasteiger partial charge in [0.05, 0.1) is 10.8 Å². The molecule has 1 heterocycles. The average Bonchev–Trinajstić information content (AvgIpc) is 2.35. The second-order valence-corrected chi connectivity index (χ2v) is 4.75. The molecule has 0 saturated heterocycles. The normalized spacial score (nSPS) is 9.89. The van der Waals surface area contributed by atoms with Crippen LogP contribution in [0.15, 0.2) is 23.4 Å². The molecular formula is C11H14ClN3O2S. The lowest BCUT2D eigenvalue weighted by Crippen LogP contribution is -2.40. The molecule has 18 heavy (non-hydrogen) atoms. The number of rotatable bonds is 5. The lowest BCUT2D eigenvalue weighted by atomic mass is 10.5. The minimum atomic E-state index is -0.477. The van der Waals surface area contributed by atoms with Crippen molar-refractivity contribution in [3.05, 3.63) is 23.4 Å². The van der Waals surface area contributed by atoms with Gasteiger partial charge >= 0.3 is 6.03 Å². The summed E-state index contributed by atoms with van der Waals surface area (Å²) >= 11 is 7.07. The summed E-state index contributed by atoms with van der Waals surface area (Å²) in [4.78, 5) is 26.7. The molecule has 98 valence electrons. The van der Waals surface area contributed by atoms with Crippen molar-refractivity contribution < 1.29 is 9.59 Å². The van der Waals surface area contributed by atoms with Crippen LogP contribution in [0.5, 0.6) is 0 Å². The van der Waals surface area contributed by atoms with E-state index in [-0.39, 0.29) is 11.7 Å². The Morgan fingerprint density at radius 1 is 1.50 bits per heavy atom. The molecular weight excluding hydrogens is 274 g/mol.